The molecule has 0 radical (unpaired) electrons. The van der Waals surface area contributed by atoms with Gasteiger partial charge in [-0.2, -0.15) is 0 Å². The lowest BCUT2D eigenvalue weighted by Crippen LogP contribution is -2.34. The van der Waals surface area contributed by atoms with E-state index in [4.69, 9.17) is 0 Å². The Hall–Kier alpha value is -0.880. The predicted molar refractivity (Wildman–Crippen MR) is 73.4 cm³/mol. The van der Waals surface area contributed by atoms with Crippen LogP contribution in [-0.2, 0) is 0 Å². The summed E-state index contributed by atoms with van der Waals surface area (Å²) in [5, 5.41) is 15.4. The van der Waals surface area contributed by atoms with Crippen molar-refractivity contribution in [2.45, 2.75) is 6.10 Å². The Bertz CT molecular complexity index is 365. The van der Waals surface area contributed by atoms with Crippen molar-refractivity contribution < 1.29 is 9.90 Å². The molecule has 18 heavy (non-hydrogen) atoms. The highest BCUT2D eigenvalue weighted by Crippen LogP contribution is 2.07. The van der Waals surface area contributed by atoms with Gasteiger partial charge in [-0.15, -0.1) is 24.8 Å². The Morgan fingerprint density at radius 2 is 2.06 bits per heavy atom. The second-order valence-electron chi connectivity index (χ2n) is 3.93. The zero-order valence-electron chi connectivity index (χ0n) is 9.70. The van der Waals surface area contributed by atoms with Crippen molar-refractivity contribution in [2.75, 3.05) is 19.6 Å². The molecule has 2 heterocycles. The third-order valence-electron chi connectivity index (χ3n) is 2.77. The summed E-state index contributed by atoms with van der Waals surface area (Å²) in [4.78, 5) is 15.5. The fourth-order valence-corrected chi connectivity index (χ4v) is 1.76. The number of aromatic nitrogens is 1. The van der Waals surface area contributed by atoms with Crippen molar-refractivity contribution in [2.24, 2.45) is 5.92 Å². The zero-order valence-corrected chi connectivity index (χ0v) is 11.3. The van der Waals surface area contributed by atoms with Crippen LogP contribution in [-0.4, -0.2) is 41.7 Å². The SMILES string of the molecule is Cl.Cl.O=C(NCC1CNCC1O)c1ccncc1. The third kappa shape index (κ3) is 4.42. The fourth-order valence-electron chi connectivity index (χ4n) is 1.76. The maximum atomic E-state index is 11.7. The van der Waals surface area contributed by atoms with Gasteiger partial charge in [0.2, 0.25) is 0 Å². The van der Waals surface area contributed by atoms with Crippen LogP contribution in [0.2, 0.25) is 0 Å². The zero-order chi connectivity index (χ0) is 11.4. The summed E-state index contributed by atoms with van der Waals surface area (Å²) in [6.07, 6.45) is 2.81. The molecule has 1 fully saturated rings. The van der Waals surface area contributed by atoms with E-state index >= 15 is 0 Å². The first-order valence-corrected chi connectivity index (χ1v) is 5.34. The van der Waals surface area contributed by atoms with E-state index in [0.717, 1.165) is 6.54 Å². The number of halogens is 2. The summed E-state index contributed by atoms with van der Waals surface area (Å²) >= 11 is 0. The van der Waals surface area contributed by atoms with Crippen molar-refractivity contribution in [1.82, 2.24) is 15.6 Å². The van der Waals surface area contributed by atoms with E-state index in [1.165, 1.54) is 0 Å². The number of aliphatic hydroxyl groups excluding tert-OH is 1. The first-order chi connectivity index (χ1) is 7.77. The molecule has 2 rings (SSSR count). The van der Waals surface area contributed by atoms with Crippen LogP contribution in [0, 0.1) is 5.92 Å². The minimum atomic E-state index is -0.363. The lowest BCUT2D eigenvalue weighted by Gasteiger charge is -2.13. The normalized spacial score (nSPS) is 21.6. The summed E-state index contributed by atoms with van der Waals surface area (Å²) in [5.74, 6) is -0.0210. The van der Waals surface area contributed by atoms with Crippen LogP contribution in [0.3, 0.4) is 0 Å². The van der Waals surface area contributed by atoms with Gasteiger partial charge in [-0.1, -0.05) is 0 Å². The van der Waals surface area contributed by atoms with Crippen LogP contribution in [0.25, 0.3) is 0 Å². The average molecular weight is 294 g/mol. The first-order valence-electron chi connectivity index (χ1n) is 5.34. The number of pyridine rings is 1. The molecule has 1 aromatic heterocycles. The molecule has 1 aliphatic rings. The Morgan fingerprint density at radius 3 is 2.61 bits per heavy atom. The number of β-amino-alcohol motifs (C(OH)–C–C–N with tert-alkyl or cyclic N) is 1. The van der Waals surface area contributed by atoms with E-state index in [1.54, 1.807) is 24.5 Å². The Balaban J connectivity index is 0.00000144. The summed E-state index contributed by atoms with van der Waals surface area (Å²) in [5.41, 5.74) is 0.593. The topological polar surface area (TPSA) is 74.2 Å². The van der Waals surface area contributed by atoms with Crippen molar-refractivity contribution in [3.8, 4) is 0 Å². The Kier molecular flexibility index (Phi) is 7.86. The van der Waals surface area contributed by atoms with E-state index in [2.05, 4.69) is 15.6 Å². The number of rotatable bonds is 3. The van der Waals surface area contributed by atoms with Gasteiger partial charge in [0.05, 0.1) is 6.10 Å². The Labute approximate surface area is 118 Å². The van der Waals surface area contributed by atoms with E-state index in [0.29, 0.717) is 18.7 Å². The quantitative estimate of drug-likeness (QED) is 0.746. The predicted octanol–water partition coefficient (Wildman–Crippen LogP) is 0.235. The van der Waals surface area contributed by atoms with Crippen molar-refractivity contribution >= 4 is 30.7 Å². The molecule has 1 aromatic rings. The lowest BCUT2D eigenvalue weighted by atomic mass is 10.1. The van der Waals surface area contributed by atoms with Crippen LogP contribution in [0.1, 0.15) is 10.4 Å². The van der Waals surface area contributed by atoms with Crippen LogP contribution in [0.15, 0.2) is 24.5 Å². The molecule has 2 atom stereocenters. The number of nitrogens with zero attached hydrogens (tertiary/aromatic N) is 1. The summed E-state index contributed by atoms with van der Waals surface area (Å²) in [6, 6.07) is 3.33. The molecule has 5 nitrogen and oxygen atoms in total. The molecule has 0 bridgehead atoms. The van der Waals surface area contributed by atoms with Gasteiger partial charge in [0.25, 0.3) is 5.91 Å². The number of hydrogen-bond acceptors (Lipinski definition) is 4. The highest BCUT2D eigenvalue weighted by Gasteiger charge is 2.24. The van der Waals surface area contributed by atoms with Gasteiger partial charge in [0.15, 0.2) is 0 Å². The van der Waals surface area contributed by atoms with Crippen molar-refractivity contribution in [1.29, 1.82) is 0 Å². The fraction of sp³-hybridized carbons (Fsp3) is 0.455. The molecule has 0 saturated carbocycles. The minimum absolute atomic E-state index is 0. The molecule has 102 valence electrons. The highest BCUT2D eigenvalue weighted by molar-refractivity contribution is 5.93. The summed E-state index contributed by atoms with van der Waals surface area (Å²) in [7, 11) is 0. The number of carbonyl (C=O) groups is 1. The molecular formula is C11H17Cl2N3O2. The van der Waals surface area contributed by atoms with Gasteiger partial charge in [-0.25, -0.2) is 0 Å². The van der Waals surface area contributed by atoms with Crippen molar-refractivity contribution in [3.05, 3.63) is 30.1 Å². The molecule has 0 aromatic carbocycles. The van der Waals surface area contributed by atoms with Crippen LogP contribution >= 0.6 is 24.8 Å². The smallest absolute Gasteiger partial charge is 0.251 e. The van der Waals surface area contributed by atoms with Gasteiger partial charge in [-0.05, 0) is 12.1 Å². The van der Waals surface area contributed by atoms with Crippen LogP contribution < -0.4 is 10.6 Å². The van der Waals surface area contributed by atoms with E-state index in [-0.39, 0.29) is 42.7 Å². The van der Waals surface area contributed by atoms with Crippen LogP contribution in [0.4, 0.5) is 0 Å². The van der Waals surface area contributed by atoms with Gasteiger partial charge in [-0.3, -0.25) is 9.78 Å². The second kappa shape index (κ2) is 8.26. The van der Waals surface area contributed by atoms with Gasteiger partial charge < -0.3 is 15.7 Å². The molecule has 1 amide bonds. The second-order valence-corrected chi connectivity index (χ2v) is 3.93. The molecule has 1 saturated heterocycles. The molecule has 2 unspecified atom stereocenters. The summed E-state index contributed by atoms with van der Waals surface area (Å²) in [6.45, 7) is 1.85. The number of hydrogen-bond donors (Lipinski definition) is 3. The van der Waals surface area contributed by atoms with Gasteiger partial charge in [0, 0.05) is 43.5 Å². The molecule has 0 spiro atoms. The van der Waals surface area contributed by atoms with E-state index in [1.807, 2.05) is 0 Å². The molecular weight excluding hydrogens is 277 g/mol. The average Bonchev–Trinajstić information content (AvgIpc) is 2.73. The van der Waals surface area contributed by atoms with Crippen LogP contribution in [0.5, 0.6) is 0 Å². The molecule has 7 heteroatoms. The maximum Gasteiger partial charge on any atom is 0.251 e. The van der Waals surface area contributed by atoms with E-state index < -0.39 is 0 Å². The van der Waals surface area contributed by atoms with E-state index in [9.17, 15) is 9.90 Å². The third-order valence-corrected chi connectivity index (χ3v) is 2.77. The van der Waals surface area contributed by atoms with Gasteiger partial charge >= 0.3 is 0 Å². The largest absolute Gasteiger partial charge is 0.391 e. The maximum absolute atomic E-state index is 11.7. The number of amides is 1. The Morgan fingerprint density at radius 1 is 1.39 bits per heavy atom. The molecule has 3 N–H and O–H groups in total. The standard InChI is InChI=1S/C11H15N3O2.2ClH/c15-10-7-13-5-9(10)6-14-11(16)8-1-3-12-4-2-8;;/h1-4,9-10,13,15H,5-7H2,(H,14,16);2*1H. The molecule has 1 aliphatic heterocycles. The highest BCUT2D eigenvalue weighted by atomic mass is 35.5. The minimum Gasteiger partial charge on any atom is -0.391 e. The molecule has 0 aliphatic carbocycles. The number of nitrogens with one attached hydrogen (secondary N) is 2. The van der Waals surface area contributed by atoms with Gasteiger partial charge in [0.1, 0.15) is 0 Å². The number of aliphatic hydroxyl groups is 1. The first kappa shape index (κ1) is 17.1. The van der Waals surface area contributed by atoms with Crippen molar-refractivity contribution in [3.63, 3.8) is 0 Å². The summed E-state index contributed by atoms with van der Waals surface area (Å²) < 4.78 is 0. The monoisotopic (exact) mass is 293 g/mol. The number of carbonyl (C=O) groups excluding carboxylic acids is 1. The lowest BCUT2D eigenvalue weighted by molar-refractivity contribution is 0.0927.